The maximum atomic E-state index is 14.1. The lowest BCUT2D eigenvalue weighted by Crippen LogP contribution is -2.33. The molecule has 43 heavy (non-hydrogen) atoms. The van der Waals surface area contributed by atoms with Gasteiger partial charge >= 0.3 is 4.87 Å². The van der Waals surface area contributed by atoms with E-state index in [4.69, 9.17) is 11.6 Å². The van der Waals surface area contributed by atoms with E-state index in [1.165, 1.54) is 21.2 Å². The molecule has 1 N–H and O–H groups in total. The van der Waals surface area contributed by atoms with E-state index in [-0.39, 0.29) is 34.6 Å². The summed E-state index contributed by atoms with van der Waals surface area (Å²) in [6.07, 6.45) is 0. The fraction of sp³-hybridized carbons (Fsp3) is 0.273. The summed E-state index contributed by atoms with van der Waals surface area (Å²) < 4.78 is 1.43. The van der Waals surface area contributed by atoms with Crippen LogP contribution in [0.1, 0.15) is 48.3 Å². The van der Waals surface area contributed by atoms with Crippen LogP contribution in [0.15, 0.2) is 82.6 Å². The molecule has 0 saturated carbocycles. The normalized spacial score (nSPS) is 19.7. The maximum absolute atomic E-state index is 14.1. The van der Waals surface area contributed by atoms with Crippen molar-refractivity contribution in [1.29, 1.82) is 0 Å². The Morgan fingerprint density at radius 3 is 2.19 bits per heavy atom. The van der Waals surface area contributed by atoms with Crippen molar-refractivity contribution in [1.82, 2.24) is 4.57 Å². The first-order valence-electron chi connectivity index (χ1n) is 13.9. The molecule has 3 heterocycles. The zero-order valence-electron chi connectivity index (χ0n) is 24.1. The quantitative estimate of drug-likeness (QED) is 0.251. The number of imide groups is 1. The molecule has 0 radical (unpaired) electrons. The standard InChI is InChI=1S/C33H30ClN3O4S2/c1-18-5-13-22(14-6-18)35-24(38)17-36-31-28(43-32(36)41)25(19-7-9-20(10-8-19)33(2,3)4)26-27(42-31)30(40)37(29(26)39)23-15-11-21(34)12-16-23/h5-16,25-27H,17H2,1-4H3,(H,35,38)/t25-,26+,27-/m0/s1. The molecular formula is C33H30ClN3O4S2. The number of halogens is 1. The lowest BCUT2D eigenvalue weighted by atomic mass is 9.81. The van der Waals surface area contributed by atoms with Crippen LogP contribution in [0.5, 0.6) is 0 Å². The number of thioether (sulfide) groups is 1. The predicted molar refractivity (Wildman–Crippen MR) is 172 cm³/mol. The van der Waals surface area contributed by atoms with Gasteiger partial charge in [0.25, 0.3) is 0 Å². The molecule has 4 aromatic rings. The van der Waals surface area contributed by atoms with E-state index >= 15 is 0 Å². The number of nitrogens with zero attached hydrogens (tertiary/aromatic N) is 2. The smallest absolute Gasteiger partial charge is 0.308 e. The van der Waals surface area contributed by atoms with Gasteiger partial charge in [-0.3, -0.25) is 23.7 Å². The Kier molecular flexibility index (Phi) is 7.61. The van der Waals surface area contributed by atoms with E-state index in [1.54, 1.807) is 24.3 Å². The minimum atomic E-state index is -0.761. The van der Waals surface area contributed by atoms with Gasteiger partial charge in [-0.2, -0.15) is 0 Å². The number of nitrogens with one attached hydrogen (secondary N) is 1. The number of amides is 3. The lowest BCUT2D eigenvalue weighted by Gasteiger charge is -2.31. The molecule has 1 fully saturated rings. The van der Waals surface area contributed by atoms with Gasteiger partial charge in [-0.1, -0.05) is 97.4 Å². The molecule has 2 aliphatic heterocycles. The van der Waals surface area contributed by atoms with Gasteiger partial charge < -0.3 is 5.32 Å². The Balaban J connectivity index is 1.41. The van der Waals surface area contributed by atoms with Gasteiger partial charge in [0.2, 0.25) is 17.7 Å². The highest BCUT2D eigenvalue weighted by Gasteiger charge is 2.56. The van der Waals surface area contributed by atoms with E-state index < -0.39 is 17.1 Å². The number of hydrogen-bond acceptors (Lipinski definition) is 6. The Bertz CT molecular complexity index is 1790. The van der Waals surface area contributed by atoms with Crippen molar-refractivity contribution in [3.63, 3.8) is 0 Å². The predicted octanol–water partition coefficient (Wildman–Crippen LogP) is 6.60. The molecule has 0 bridgehead atoms. The molecule has 0 unspecified atom stereocenters. The highest BCUT2D eigenvalue weighted by Crippen LogP contribution is 2.54. The van der Waals surface area contributed by atoms with Crippen molar-refractivity contribution in [2.75, 3.05) is 10.2 Å². The SMILES string of the molecule is Cc1ccc(NC(=O)Cn2c3c(sc2=O)[C@@H](c2ccc(C(C)(C)C)cc2)[C@H]2C(=O)N(c4ccc(Cl)cc4)C(=O)[C@H]2S3)cc1. The summed E-state index contributed by atoms with van der Waals surface area (Å²) in [5.41, 5.74) is 4.06. The molecule has 6 rings (SSSR count). The fourth-order valence-corrected chi connectivity index (χ4v) is 8.53. The van der Waals surface area contributed by atoms with E-state index in [2.05, 4.69) is 26.1 Å². The number of hydrogen-bond donors (Lipinski definition) is 1. The summed E-state index contributed by atoms with van der Waals surface area (Å²) in [6, 6.07) is 22.1. The van der Waals surface area contributed by atoms with Gasteiger partial charge in [-0.15, -0.1) is 0 Å². The molecule has 0 aliphatic carbocycles. The number of carbonyl (C=O) groups excluding carboxylic acids is 3. The van der Waals surface area contributed by atoms with Gasteiger partial charge in [0.05, 0.1) is 16.6 Å². The molecule has 1 saturated heterocycles. The van der Waals surface area contributed by atoms with Crippen molar-refractivity contribution in [3.8, 4) is 0 Å². The Morgan fingerprint density at radius 1 is 0.907 bits per heavy atom. The summed E-state index contributed by atoms with van der Waals surface area (Å²) in [4.78, 5) is 56.1. The average Bonchev–Trinajstić information content (AvgIpc) is 3.40. The summed E-state index contributed by atoms with van der Waals surface area (Å²) >= 11 is 8.32. The number of carbonyl (C=O) groups is 3. The maximum Gasteiger partial charge on any atom is 0.308 e. The second-order valence-electron chi connectivity index (χ2n) is 11.9. The van der Waals surface area contributed by atoms with Crippen molar-refractivity contribution in [3.05, 3.63) is 109 Å². The molecule has 2 aliphatic rings. The Morgan fingerprint density at radius 2 is 1.56 bits per heavy atom. The van der Waals surface area contributed by atoms with Crippen LogP contribution in [0.25, 0.3) is 0 Å². The van der Waals surface area contributed by atoms with Crippen molar-refractivity contribution in [2.45, 2.75) is 55.8 Å². The van der Waals surface area contributed by atoms with Crippen LogP contribution in [0.4, 0.5) is 11.4 Å². The van der Waals surface area contributed by atoms with E-state index in [0.29, 0.717) is 26.3 Å². The Hall–Kier alpha value is -3.66. The molecule has 3 aromatic carbocycles. The first-order valence-corrected chi connectivity index (χ1v) is 16.0. The molecular weight excluding hydrogens is 602 g/mol. The highest BCUT2D eigenvalue weighted by atomic mass is 35.5. The molecule has 1 aromatic heterocycles. The molecule has 3 atom stereocenters. The molecule has 7 nitrogen and oxygen atoms in total. The van der Waals surface area contributed by atoms with Gasteiger partial charge in [0.15, 0.2) is 0 Å². The number of thiazole rings is 1. The van der Waals surface area contributed by atoms with Crippen LogP contribution in [0.3, 0.4) is 0 Å². The third-order valence-electron chi connectivity index (χ3n) is 7.91. The van der Waals surface area contributed by atoms with E-state index in [1.807, 2.05) is 55.5 Å². The third kappa shape index (κ3) is 5.46. The fourth-order valence-electron chi connectivity index (χ4n) is 5.63. The first-order chi connectivity index (χ1) is 20.4. The topological polar surface area (TPSA) is 88.5 Å². The number of rotatable bonds is 5. The average molecular weight is 632 g/mol. The van der Waals surface area contributed by atoms with Gasteiger partial charge in [0.1, 0.15) is 11.8 Å². The van der Waals surface area contributed by atoms with Crippen molar-refractivity contribution >= 4 is 63.8 Å². The largest absolute Gasteiger partial charge is 0.325 e. The number of benzene rings is 3. The van der Waals surface area contributed by atoms with E-state index in [9.17, 15) is 19.2 Å². The van der Waals surface area contributed by atoms with Gasteiger partial charge in [0, 0.05) is 21.5 Å². The monoisotopic (exact) mass is 631 g/mol. The zero-order chi connectivity index (χ0) is 30.6. The first kappa shape index (κ1) is 29.4. The van der Waals surface area contributed by atoms with Crippen LogP contribution < -0.4 is 15.1 Å². The van der Waals surface area contributed by atoms with Gasteiger partial charge in [-0.05, 0) is 59.9 Å². The number of anilines is 2. The second-order valence-corrected chi connectivity index (χ2v) is 14.5. The summed E-state index contributed by atoms with van der Waals surface area (Å²) in [5, 5.41) is 3.15. The number of fused-ring (bicyclic) bond motifs is 2. The van der Waals surface area contributed by atoms with Crippen LogP contribution in [-0.4, -0.2) is 27.5 Å². The van der Waals surface area contributed by atoms with Gasteiger partial charge in [-0.25, -0.2) is 4.90 Å². The molecule has 220 valence electrons. The van der Waals surface area contributed by atoms with Crippen LogP contribution in [-0.2, 0) is 26.3 Å². The minimum Gasteiger partial charge on any atom is -0.325 e. The zero-order valence-corrected chi connectivity index (χ0v) is 26.5. The summed E-state index contributed by atoms with van der Waals surface area (Å²) in [7, 11) is 0. The number of aryl methyl sites for hydroxylation is 1. The third-order valence-corrected chi connectivity index (χ3v) is 10.8. The summed E-state index contributed by atoms with van der Waals surface area (Å²) in [6.45, 7) is 8.14. The Labute approximate surface area is 262 Å². The number of aromatic nitrogens is 1. The second kappa shape index (κ2) is 11.1. The van der Waals surface area contributed by atoms with E-state index in [0.717, 1.165) is 28.0 Å². The van der Waals surface area contributed by atoms with Crippen LogP contribution >= 0.6 is 34.7 Å². The summed E-state index contributed by atoms with van der Waals surface area (Å²) in [5.74, 6) is -2.25. The molecule has 3 amide bonds. The molecule has 10 heteroatoms. The van der Waals surface area contributed by atoms with Crippen molar-refractivity contribution < 1.29 is 14.4 Å². The highest BCUT2D eigenvalue weighted by molar-refractivity contribution is 8.00. The lowest BCUT2D eigenvalue weighted by molar-refractivity contribution is -0.122. The van der Waals surface area contributed by atoms with Crippen LogP contribution in [0.2, 0.25) is 5.02 Å². The molecule has 0 spiro atoms. The van der Waals surface area contributed by atoms with Crippen LogP contribution in [0, 0.1) is 12.8 Å². The minimum absolute atomic E-state index is 0.0713. The van der Waals surface area contributed by atoms with Crippen molar-refractivity contribution in [2.24, 2.45) is 5.92 Å².